The van der Waals surface area contributed by atoms with E-state index in [2.05, 4.69) is 5.32 Å². The summed E-state index contributed by atoms with van der Waals surface area (Å²) < 4.78 is 0. The molecule has 0 atom stereocenters. The molecule has 10 heavy (non-hydrogen) atoms. The first-order valence-electron chi connectivity index (χ1n) is 3.12. The topological polar surface area (TPSA) is 46.2 Å². The van der Waals surface area contributed by atoms with Crippen LogP contribution in [0.5, 0.6) is 0 Å². The number of ketones is 1. The molecule has 0 aromatic heterocycles. The maximum absolute atomic E-state index is 10.9. The second kappa shape index (κ2) is 2.25. The molecule has 1 rings (SSSR count). The fourth-order valence-electron chi connectivity index (χ4n) is 0.891. The Morgan fingerprint density at radius 2 is 2.00 bits per heavy atom. The van der Waals surface area contributed by atoms with Gasteiger partial charge in [-0.3, -0.25) is 9.59 Å². The van der Waals surface area contributed by atoms with Crippen LogP contribution >= 0.6 is 0 Å². The summed E-state index contributed by atoms with van der Waals surface area (Å²) in [6.07, 6.45) is 0.0144. The summed E-state index contributed by atoms with van der Waals surface area (Å²) in [4.78, 5) is 21.5. The molecule has 0 aromatic carbocycles. The Hall–Kier alpha value is -1.12. The number of carbonyl (C=O) groups excluding carboxylic acids is 2. The molecule has 0 aliphatic carbocycles. The molecule has 1 amide bonds. The van der Waals surface area contributed by atoms with Gasteiger partial charge in [0.25, 0.3) is 0 Å². The molecule has 0 radical (unpaired) electrons. The molecule has 3 nitrogen and oxygen atoms in total. The van der Waals surface area contributed by atoms with Gasteiger partial charge in [-0.15, -0.1) is 0 Å². The molecule has 3 heteroatoms. The molecular formula is C7H9NO2. The van der Waals surface area contributed by atoms with Gasteiger partial charge in [0.1, 0.15) is 0 Å². The molecule has 0 bridgehead atoms. The van der Waals surface area contributed by atoms with Gasteiger partial charge in [0, 0.05) is 0 Å². The van der Waals surface area contributed by atoms with Crippen LogP contribution in [0.4, 0.5) is 0 Å². The average molecular weight is 139 g/mol. The van der Waals surface area contributed by atoms with Crippen LogP contribution in [0.3, 0.4) is 0 Å². The predicted molar refractivity (Wildman–Crippen MR) is 36.1 cm³/mol. The summed E-state index contributed by atoms with van der Waals surface area (Å²) in [6, 6.07) is 0. The van der Waals surface area contributed by atoms with Crippen LogP contribution < -0.4 is 5.32 Å². The Balaban J connectivity index is 2.93. The van der Waals surface area contributed by atoms with Gasteiger partial charge in [0.2, 0.25) is 5.91 Å². The molecule has 1 fully saturated rings. The van der Waals surface area contributed by atoms with Gasteiger partial charge in [-0.1, -0.05) is 0 Å². The van der Waals surface area contributed by atoms with E-state index in [1.807, 2.05) is 0 Å². The SMILES string of the molecule is CC(C)=C1NC(=O)CC1=O. The highest BCUT2D eigenvalue weighted by molar-refractivity contribution is 6.14. The first kappa shape index (κ1) is 6.99. The molecule has 1 aliphatic rings. The maximum Gasteiger partial charge on any atom is 0.232 e. The van der Waals surface area contributed by atoms with Crippen molar-refractivity contribution < 1.29 is 9.59 Å². The lowest BCUT2D eigenvalue weighted by Crippen LogP contribution is -2.13. The van der Waals surface area contributed by atoms with Gasteiger partial charge >= 0.3 is 0 Å². The molecule has 1 saturated heterocycles. The van der Waals surface area contributed by atoms with Crippen LogP contribution in [-0.2, 0) is 9.59 Å². The smallest absolute Gasteiger partial charge is 0.232 e. The minimum atomic E-state index is -0.193. The van der Waals surface area contributed by atoms with E-state index in [4.69, 9.17) is 0 Å². The highest BCUT2D eigenvalue weighted by Crippen LogP contribution is 2.09. The second-order valence-electron chi connectivity index (χ2n) is 2.52. The van der Waals surface area contributed by atoms with Crippen LogP contribution in [0.15, 0.2) is 11.3 Å². The Kier molecular flexibility index (Phi) is 1.57. The van der Waals surface area contributed by atoms with Gasteiger partial charge in [0.05, 0.1) is 12.1 Å². The first-order valence-corrected chi connectivity index (χ1v) is 3.12. The Morgan fingerprint density at radius 3 is 2.20 bits per heavy atom. The van der Waals surface area contributed by atoms with Gasteiger partial charge in [-0.05, 0) is 19.4 Å². The van der Waals surface area contributed by atoms with Crippen molar-refractivity contribution >= 4 is 11.7 Å². The minimum Gasteiger partial charge on any atom is -0.323 e. The number of hydrogen-bond acceptors (Lipinski definition) is 2. The fourth-order valence-corrected chi connectivity index (χ4v) is 0.891. The van der Waals surface area contributed by atoms with Crippen LogP contribution in [0, 0.1) is 0 Å². The summed E-state index contributed by atoms with van der Waals surface area (Å²) in [7, 11) is 0. The number of Topliss-reactive ketones (excluding diaryl/α,β-unsaturated/α-hetero) is 1. The van der Waals surface area contributed by atoms with Crippen molar-refractivity contribution in [1.82, 2.24) is 5.32 Å². The highest BCUT2D eigenvalue weighted by atomic mass is 16.2. The monoisotopic (exact) mass is 139 g/mol. The largest absolute Gasteiger partial charge is 0.323 e. The van der Waals surface area contributed by atoms with E-state index < -0.39 is 0 Å². The van der Waals surface area contributed by atoms with Crippen molar-refractivity contribution in [2.45, 2.75) is 20.3 Å². The standard InChI is InChI=1S/C7H9NO2/c1-4(2)7-5(9)3-6(10)8-7/h3H2,1-2H3,(H,8,10). The van der Waals surface area contributed by atoms with E-state index in [1.54, 1.807) is 13.8 Å². The van der Waals surface area contributed by atoms with Gasteiger partial charge in [-0.25, -0.2) is 0 Å². The van der Waals surface area contributed by atoms with E-state index >= 15 is 0 Å². The quantitative estimate of drug-likeness (QED) is 0.389. The number of nitrogens with one attached hydrogen (secondary N) is 1. The van der Waals surface area contributed by atoms with Crippen molar-refractivity contribution in [2.24, 2.45) is 0 Å². The molecule has 0 unspecified atom stereocenters. The van der Waals surface area contributed by atoms with Crippen molar-refractivity contribution in [3.05, 3.63) is 11.3 Å². The molecule has 54 valence electrons. The number of amides is 1. The fraction of sp³-hybridized carbons (Fsp3) is 0.429. The zero-order valence-corrected chi connectivity index (χ0v) is 6.02. The van der Waals surface area contributed by atoms with E-state index in [-0.39, 0.29) is 18.1 Å². The Morgan fingerprint density at radius 1 is 1.40 bits per heavy atom. The van der Waals surface area contributed by atoms with Gasteiger partial charge < -0.3 is 5.32 Å². The third kappa shape index (κ3) is 1.07. The predicted octanol–water partition coefficient (Wildman–Crippen LogP) is 0.369. The summed E-state index contributed by atoms with van der Waals surface area (Å²) in [5, 5.41) is 2.49. The zero-order chi connectivity index (χ0) is 7.72. The van der Waals surface area contributed by atoms with Gasteiger partial charge in [-0.2, -0.15) is 0 Å². The summed E-state index contributed by atoms with van der Waals surface area (Å²) >= 11 is 0. The van der Waals surface area contributed by atoms with Crippen molar-refractivity contribution in [2.75, 3.05) is 0 Å². The van der Waals surface area contributed by atoms with E-state index in [0.29, 0.717) is 5.70 Å². The summed E-state index contributed by atoms with van der Waals surface area (Å²) in [6.45, 7) is 3.61. The number of rotatable bonds is 0. The molecule has 0 aromatic rings. The third-order valence-corrected chi connectivity index (χ3v) is 1.36. The van der Waals surface area contributed by atoms with Crippen LogP contribution in [0.1, 0.15) is 20.3 Å². The summed E-state index contributed by atoms with van der Waals surface area (Å²) in [5.41, 5.74) is 1.35. The van der Waals surface area contributed by atoms with E-state index in [9.17, 15) is 9.59 Å². The molecular weight excluding hydrogens is 130 g/mol. The van der Waals surface area contributed by atoms with E-state index in [1.165, 1.54) is 0 Å². The number of carbonyl (C=O) groups is 2. The lowest BCUT2D eigenvalue weighted by Gasteiger charge is -1.95. The van der Waals surface area contributed by atoms with Gasteiger partial charge in [0.15, 0.2) is 5.78 Å². The van der Waals surface area contributed by atoms with Crippen molar-refractivity contribution in [3.8, 4) is 0 Å². The Bertz CT molecular complexity index is 224. The summed E-state index contributed by atoms with van der Waals surface area (Å²) in [5.74, 6) is -0.286. The number of allylic oxidation sites excluding steroid dienone is 2. The van der Waals surface area contributed by atoms with Crippen LogP contribution in [0.2, 0.25) is 0 Å². The average Bonchev–Trinajstić information content (AvgIpc) is 2.10. The third-order valence-electron chi connectivity index (χ3n) is 1.36. The van der Waals surface area contributed by atoms with Crippen molar-refractivity contribution in [1.29, 1.82) is 0 Å². The lowest BCUT2D eigenvalue weighted by molar-refractivity contribution is -0.121. The maximum atomic E-state index is 10.9. The molecule has 1 heterocycles. The lowest BCUT2D eigenvalue weighted by atomic mass is 10.2. The van der Waals surface area contributed by atoms with Crippen molar-refractivity contribution in [3.63, 3.8) is 0 Å². The number of hydrogen-bond donors (Lipinski definition) is 1. The van der Waals surface area contributed by atoms with E-state index in [0.717, 1.165) is 5.57 Å². The van der Waals surface area contributed by atoms with Crippen LogP contribution in [0.25, 0.3) is 0 Å². The van der Waals surface area contributed by atoms with Crippen LogP contribution in [-0.4, -0.2) is 11.7 Å². The zero-order valence-electron chi connectivity index (χ0n) is 6.02. The highest BCUT2D eigenvalue weighted by Gasteiger charge is 2.24. The normalized spacial score (nSPS) is 17.6. The molecule has 1 N–H and O–H groups in total. The second-order valence-corrected chi connectivity index (χ2v) is 2.52. The molecule has 1 aliphatic heterocycles. The molecule has 0 saturated carbocycles. The minimum absolute atomic E-state index is 0.0144. The first-order chi connectivity index (χ1) is 4.61. The Labute approximate surface area is 59.1 Å². The molecule has 0 spiro atoms.